The molecule has 118 valence electrons. The second-order valence-electron chi connectivity index (χ2n) is 5.55. The van der Waals surface area contributed by atoms with E-state index >= 15 is 0 Å². The van der Waals surface area contributed by atoms with Gasteiger partial charge in [0.2, 0.25) is 0 Å². The summed E-state index contributed by atoms with van der Waals surface area (Å²) in [5.74, 6) is 0.703. The van der Waals surface area contributed by atoms with Crippen LogP contribution in [-0.4, -0.2) is 16.1 Å². The van der Waals surface area contributed by atoms with Gasteiger partial charge in [-0.3, -0.25) is 0 Å². The molecule has 0 bridgehead atoms. The van der Waals surface area contributed by atoms with Crippen LogP contribution in [0.2, 0.25) is 0 Å². The van der Waals surface area contributed by atoms with Crippen LogP contribution in [0, 0.1) is 13.8 Å². The summed E-state index contributed by atoms with van der Waals surface area (Å²) in [7, 11) is 0. The summed E-state index contributed by atoms with van der Waals surface area (Å²) in [6.45, 7) is 4.66. The number of nitrogens with one attached hydrogen (secondary N) is 2. The lowest BCUT2D eigenvalue weighted by molar-refractivity contribution is 0.139. The molecule has 1 amide bonds. The van der Waals surface area contributed by atoms with E-state index < -0.39 is 6.09 Å². The Hall–Kier alpha value is -2.82. The molecular weight excluding hydrogens is 290 g/mol. The maximum atomic E-state index is 11.8. The van der Waals surface area contributed by atoms with E-state index in [9.17, 15) is 4.79 Å². The van der Waals surface area contributed by atoms with E-state index in [1.807, 2.05) is 49.4 Å². The molecule has 0 saturated heterocycles. The predicted octanol–water partition coefficient (Wildman–Crippen LogP) is 3.61. The monoisotopic (exact) mass is 309 g/mol. The van der Waals surface area contributed by atoms with Gasteiger partial charge >= 0.3 is 6.09 Å². The number of alkyl carbamates (subject to hydrolysis) is 1. The van der Waals surface area contributed by atoms with Crippen molar-refractivity contribution in [3.8, 4) is 0 Å². The van der Waals surface area contributed by atoms with Gasteiger partial charge in [-0.1, -0.05) is 30.3 Å². The van der Waals surface area contributed by atoms with Crippen molar-refractivity contribution in [2.24, 2.45) is 0 Å². The van der Waals surface area contributed by atoms with Gasteiger partial charge in [0.15, 0.2) is 0 Å². The number of rotatable bonds is 4. The highest BCUT2D eigenvalue weighted by Crippen LogP contribution is 2.11. The number of fused-ring (bicyclic) bond motifs is 1. The largest absolute Gasteiger partial charge is 0.445 e. The number of benzene rings is 2. The van der Waals surface area contributed by atoms with Crippen LogP contribution in [0.1, 0.15) is 22.5 Å². The van der Waals surface area contributed by atoms with Crippen molar-refractivity contribution in [3.05, 3.63) is 65.0 Å². The normalized spacial score (nSPS) is 10.7. The number of amides is 1. The van der Waals surface area contributed by atoms with Crippen LogP contribution in [0.15, 0.2) is 42.5 Å². The SMILES string of the molecule is Cc1ccc(COC(=O)NCc2nc3ccccc3[nH]2)cc1C. The fourth-order valence-electron chi connectivity index (χ4n) is 2.34. The van der Waals surface area contributed by atoms with Gasteiger partial charge in [0.25, 0.3) is 0 Å². The number of aromatic nitrogens is 2. The Kier molecular flexibility index (Phi) is 4.28. The van der Waals surface area contributed by atoms with Crippen molar-refractivity contribution >= 4 is 17.1 Å². The Balaban J connectivity index is 1.52. The molecule has 5 heteroatoms. The number of ether oxygens (including phenoxy) is 1. The van der Waals surface area contributed by atoms with Crippen LogP contribution in [0.25, 0.3) is 11.0 Å². The minimum Gasteiger partial charge on any atom is -0.445 e. The molecule has 0 saturated carbocycles. The number of carbonyl (C=O) groups excluding carboxylic acids is 1. The molecule has 0 fully saturated rings. The van der Waals surface area contributed by atoms with Gasteiger partial charge in [0, 0.05) is 0 Å². The van der Waals surface area contributed by atoms with Crippen molar-refractivity contribution < 1.29 is 9.53 Å². The molecule has 5 nitrogen and oxygen atoms in total. The summed E-state index contributed by atoms with van der Waals surface area (Å²) in [6.07, 6.45) is -0.455. The first-order valence-electron chi connectivity index (χ1n) is 7.52. The zero-order chi connectivity index (χ0) is 16.2. The molecule has 0 unspecified atom stereocenters. The lowest BCUT2D eigenvalue weighted by Crippen LogP contribution is -2.24. The van der Waals surface area contributed by atoms with Gasteiger partial charge in [-0.25, -0.2) is 9.78 Å². The third kappa shape index (κ3) is 3.69. The van der Waals surface area contributed by atoms with Gasteiger partial charge in [0.05, 0.1) is 17.6 Å². The van der Waals surface area contributed by atoms with Crippen LogP contribution >= 0.6 is 0 Å². The number of imidazole rings is 1. The molecule has 0 radical (unpaired) electrons. The molecular formula is C18H19N3O2. The Morgan fingerprint density at radius 3 is 2.78 bits per heavy atom. The molecule has 23 heavy (non-hydrogen) atoms. The molecule has 1 heterocycles. The minimum atomic E-state index is -0.455. The standard InChI is InChI=1S/C18H19N3O2/c1-12-7-8-14(9-13(12)2)11-23-18(22)19-10-17-20-15-5-3-4-6-16(15)21-17/h3-9H,10-11H2,1-2H3,(H,19,22)(H,20,21). The van der Waals surface area contributed by atoms with Crippen molar-refractivity contribution in [3.63, 3.8) is 0 Å². The number of aryl methyl sites for hydroxylation is 2. The van der Waals surface area contributed by atoms with Crippen LogP contribution in [0.4, 0.5) is 4.79 Å². The van der Waals surface area contributed by atoms with E-state index in [0.717, 1.165) is 16.6 Å². The van der Waals surface area contributed by atoms with Gasteiger partial charge in [0.1, 0.15) is 12.4 Å². The Morgan fingerprint density at radius 2 is 2.00 bits per heavy atom. The van der Waals surface area contributed by atoms with E-state index in [2.05, 4.69) is 22.2 Å². The molecule has 2 N–H and O–H groups in total. The van der Waals surface area contributed by atoms with Crippen LogP contribution in [0.5, 0.6) is 0 Å². The number of hydrogen-bond acceptors (Lipinski definition) is 3. The summed E-state index contributed by atoms with van der Waals surface area (Å²) in [6, 6.07) is 13.8. The van der Waals surface area contributed by atoms with E-state index in [0.29, 0.717) is 12.4 Å². The number of para-hydroxylation sites is 2. The summed E-state index contributed by atoms with van der Waals surface area (Å²) >= 11 is 0. The summed E-state index contributed by atoms with van der Waals surface area (Å²) in [5, 5.41) is 2.70. The number of nitrogens with zero attached hydrogens (tertiary/aromatic N) is 1. The fourth-order valence-corrected chi connectivity index (χ4v) is 2.34. The van der Waals surface area contributed by atoms with E-state index in [-0.39, 0.29) is 6.61 Å². The molecule has 1 aromatic heterocycles. The number of hydrogen-bond donors (Lipinski definition) is 2. The highest BCUT2D eigenvalue weighted by Gasteiger charge is 2.06. The average molecular weight is 309 g/mol. The van der Waals surface area contributed by atoms with Crippen molar-refractivity contribution in [2.75, 3.05) is 0 Å². The molecule has 0 spiro atoms. The van der Waals surface area contributed by atoms with Crippen LogP contribution < -0.4 is 5.32 Å². The van der Waals surface area contributed by atoms with Crippen molar-refractivity contribution in [1.82, 2.24) is 15.3 Å². The third-order valence-corrected chi connectivity index (χ3v) is 3.78. The predicted molar refractivity (Wildman–Crippen MR) is 89.0 cm³/mol. The zero-order valence-electron chi connectivity index (χ0n) is 13.2. The maximum Gasteiger partial charge on any atom is 0.407 e. The van der Waals surface area contributed by atoms with E-state index in [1.54, 1.807) is 0 Å². The molecule has 2 aromatic carbocycles. The highest BCUT2D eigenvalue weighted by atomic mass is 16.5. The zero-order valence-corrected chi connectivity index (χ0v) is 13.2. The molecule has 0 atom stereocenters. The Bertz CT molecular complexity index is 806. The summed E-state index contributed by atoms with van der Waals surface area (Å²) in [5.41, 5.74) is 5.23. The molecule has 0 aliphatic carbocycles. The van der Waals surface area contributed by atoms with E-state index in [1.165, 1.54) is 11.1 Å². The first-order chi connectivity index (χ1) is 11.1. The smallest absolute Gasteiger partial charge is 0.407 e. The average Bonchev–Trinajstić information content (AvgIpc) is 2.97. The minimum absolute atomic E-state index is 0.257. The second-order valence-corrected chi connectivity index (χ2v) is 5.55. The number of H-pyrrole nitrogens is 1. The lowest BCUT2D eigenvalue weighted by atomic mass is 10.1. The topological polar surface area (TPSA) is 67.0 Å². The highest BCUT2D eigenvalue weighted by molar-refractivity contribution is 5.75. The number of carbonyl (C=O) groups is 1. The lowest BCUT2D eigenvalue weighted by Gasteiger charge is -2.07. The first-order valence-corrected chi connectivity index (χ1v) is 7.52. The quantitative estimate of drug-likeness (QED) is 0.773. The summed E-state index contributed by atoms with van der Waals surface area (Å²) in [4.78, 5) is 19.3. The maximum absolute atomic E-state index is 11.8. The Morgan fingerprint density at radius 1 is 1.17 bits per heavy atom. The molecule has 0 aliphatic rings. The van der Waals surface area contributed by atoms with Crippen LogP contribution in [-0.2, 0) is 17.9 Å². The van der Waals surface area contributed by atoms with Gasteiger partial charge in [-0.15, -0.1) is 0 Å². The molecule has 3 aromatic rings. The molecule has 0 aliphatic heterocycles. The van der Waals surface area contributed by atoms with E-state index in [4.69, 9.17) is 4.74 Å². The molecule has 3 rings (SSSR count). The van der Waals surface area contributed by atoms with Crippen LogP contribution in [0.3, 0.4) is 0 Å². The van der Waals surface area contributed by atoms with Gasteiger partial charge < -0.3 is 15.0 Å². The number of aromatic amines is 1. The second kappa shape index (κ2) is 6.52. The first kappa shape index (κ1) is 15.1. The van der Waals surface area contributed by atoms with Crippen molar-refractivity contribution in [1.29, 1.82) is 0 Å². The van der Waals surface area contributed by atoms with Crippen molar-refractivity contribution in [2.45, 2.75) is 27.0 Å². The Labute approximate surface area is 134 Å². The summed E-state index contributed by atoms with van der Waals surface area (Å²) < 4.78 is 5.23. The van der Waals surface area contributed by atoms with Gasteiger partial charge in [-0.05, 0) is 42.7 Å². The third-order valence-electron chi connectivity index (χ3n) is 3.78. The fraction of sp³-hybridized carbons (Fsp3) is 0.222. The van der Waals surface area contributed by atoms with Gasteiger partial charge in [-0.2, -0.15) is 0 Å².